The number of nitrogens with zero attached hydrogens (tertiary/aromatic N) is 1. The van der Waals surface area contributed by atoms with E-state index < -0.39 is 5.97 Å². The van der Waals surface area contributed by atoms with Crippen LogP contribution in [0.15, 0.2) is 58.2 Å². The van der Waals surface area contributed by atoms with E-state index in [0.29, 0.717) is 16.6 Å². The third-order valence-electron chi connectivity index (χ3n) is 3.62. The zero-order valence-corrected chi connectivity index (χ0v) is 15.5. The highest BCUT2D eigenvalue weighted by molar-refractivity contribution is 7.99. The van der Waals surface area contributed by atoms with Crippen molar-refractivity contribution in [2.75, 3.05) is 19.5 Å². The van der Waals surface area contributed by atoms with Gasteiger partial charge in [0.15, 0.2) is 12.2 Å². The van der Waals surface area contributed by atoms with Gasteiger partial charge in [0.25, 0.3) is 11.1 Å². The Hall–Kier alpha value is -3.00. The molecule has 1 amide bonds. The smallest absolute Gasteiger partial charge is 0.316 e. The minimum Gasteiger partial charge on any atom is -0.496 e. The number of thioether (sulfide) groups is 1. The summed E-state index contributed by atoms with van der Waals surface area (Å²) in [5, 5.41) is 3.07. The van der Waals surface area contributed by atoms with Gasteiger partial charge in [-0.2, -0.15) is 0 Å². The number of benzene rings is 2. The van der Waals surface area contributed by atoms with E-state index in [1.54, 1.807) is 13.2 Å². The van der Waals surface area contributed by atoms with Crippen LogP contribution in [0.2, 0.25) is 0 Å². The van der Waals surface area contributed by atoms with E-state index in [1.807, 2.05) is 42.5 Å². The van der Waals surface area contributed by atoms with E-state index in [-0.39, 0.29) is 24.8 Å². The van der Waals surface area contributed by atoms with Crippen LogP contribution in [0.4, 0.5) is 0 Å². The molecule has 27 heavy (non-hydrogen) atoms. The number of oxazole rings is 1. The lowest BCUT2D eigenvalue weighted by molar-refractivity contribution is -0.146. The molecule has 0 spiro atoms. The van der Waals surface area contributed by atoms with Gasteiger partial charge in [-0.25, -0.2) is 4.98 Å². The van der Waals surface area contributed by atoms with Gasteiger partial charge in [-0.05, 0) is 18.2 Å². The molecule has 8 heteroatoms. The van der Waals surface area contributed by atoms with Crippen molar-refractivity contribution in [1.82, 2.24) is 10.3 Å². The summed E-state index contributed by atoms with van der Waals surface area (Å²) in [6.45, 7) is -0.0554. The summed E-state index contributed by atoms with van der Waals surface area (Å²) in [4.78, 5) is 27.9. The van der Waals surface area contributed by atoms with Crippen LogP contribution in [0, 0.1) is 0 Å². The first-order valence-electron chi connectivity index (χ1n) is 8.18. The quantitative estimate of drug-likeness (QED) is 0.470. The maximum atomic E-state index is 11.8. The fourth-order valence-electron chi connectivity index (χ4n) is 2.32. The third-order valence-corrected chi connectivity index (χ3v) is 4.42. The molecule has 0 unspecified atom stereocenters. The summed E-state index contributed by atoms with van der Waals surface area (Å²) < 4.78 is 15.7. The first-order valence-corrected chi connectivity index (χ1v) is 9.17. The van der Waals surface area contributed by atoms with Crippen LogP contribution in [0.1, 0.15) is 5.56 Å². The monoisotopic (exact) mass is 386 g/mol. The number of para-hydroxylation sites is 3. The number of hydrogen-bond acceptors (Lipinski definition) is 7. The summed E-state index contributed by atoms with van der Waals surface area (Å²) in [5.41, 5.74) is 2.22. The third kappa shape index (κ3) is 5.24. The zero-order chi connectivity index (χ0) is 19.1. The number of methoxy groups -OCH3 is 1. The van der Waals surface area contributed by atoms with E-state index >= 15 is 0 Å². The highest BCUT2D eigenvalue weighted by Crippen LogP contribution is 2.23. The Bertz CT molecular complexity index is 908. The molecular formula is C19H18N2O5S. The van der Waals surface area contributed by atoms with Crippen molar-refractivity contribution in [2.45, 2.75) is 11.8 Å². The molecule has 0 radical (unpaired) electrons. The SMILES string of the molecule is COc1ccccc1CNC(=O)COC(=O)CSc1nc2ccccc2o1. The normalized spacial score (nSPS) is 10.6. The molecule has 7 nitrogen and oxygen atoms in total. The molecule has 2 aromatic carbocycles. The van der Waals surface area contributed by atoms with Gasteiger partial charge in [-0.3, -0.25) is 9.59 Å². The number of carbonyl (C=O) groups is 2. The van der Waals surface area contributed by atoms with Crippen LogP contribution in [0.25, 0.3) is 11.1 Å². The van der Waals surface area contributed by atoms with E-state index in [9.17, 15) is 9.59 Å². The van der Waals surface area contributed by atoms with Gasteiger partial charge in [-0.15, -0.1) is 0 Å². The number of carbonyl (C=O) groups excluding carboxylic acids is 2. The average molecular weight is 386 g/mol. The Morgan fingerprint density at radius 2 is 1.93 bits per heavy atom. The summed E-state index contributed by atoms with van der Waals surface area (Å²) in [6.07, 6.45) is 0. The van der Waals surface area contributed by atoms with E-state index in [0.717, 1.165) is 22.8 Å². The van der Waals surface area contributed by atoms with Gasteiger partial charge in [0, 0.05) is 12.1 Å². The van der Waals surface area contributed by atoms with Crippen LogP contribution in [0.5, 0.6) is 5.75 Å². The highest BCUT2D eigenvalue weighted by Gasteiger charge is 2.12. The van der Waals surface area contributed by atoms with Crippen molar-refractivity contribution >= 4 is 34.7 Å². The molecule has 1 heterocycles. The van der Waals surface area contributed by atoms with E-state index in [1.165, 1.54) is 0 Å². The standard InChI is InChI=1S/C19H18N2O5S/c1-24-15-8-4-2-6-13(15)10-20-17(22)11-25-18(23)12-27-19-21-14-7-3-5-9-16(14)26-19/h2-9H,10-12H2,1H3,(H,20,22). The number of amides is 1. The molecule has 1 N–H and O–H groups in total. The number of aromatic nitrogens is 1. The molecule has 140 valence electrons. The zero-order valence-electron chi connectivity index (χ0n) is 14.6. The van der Waals surface area contributed by atoms with Gasteiger partial charge < -0.3 is 19.2 Å². The Labute approximate surface area is 160 Å². The average Bonchev–Trinajstić information content (AvgIpc) is 3.12. The van der Waals surface area contributed by atoms with E-state index in [4.69, 9.17) is 13.9 Å². The van der Waals surface area contributed by atoms with Crippen molar-refractivity contribution in [1.29, 1.82) is 0 Å². The second-order valence-electron chi connectivity index (χ2n) is 5.49. The Kier molecular flexibility index (Phi) is 6.32. The minimum absolute atomic E-state index is 0.00656. The van der Waals surface area contributed by atoms with Crippen LogP contribution in [0.3, 0.4) is 0 Å². The Balaban J connectivity index is 1.40. The van der Waals surface area contributed by atoms with Crippen LogP contribution >= 0.6 is 11.8 Å². The molecule has 1 aromatic heterocycles. The van der Waals surface area contributed by atoms with Crippen LogP contribution in [-0.2, 0) is 20.9 Å². The molecule has 0 saturated carbocycles. The molecule has 3 aromatic rings. The number of ether oxygens (including phenoxy) is 2. The molecule has 0 atom stereocenters. The molecule has 0 aliphatic heterocycles. The summed E-state index contributed by atoms with van der Waals surface area (Å²) in [6, 6.07) is 14.7. The van der Waals surface area contributed by atoms with Crippen molar-refractivity contribution in [3.63, 3.8) is 0 Å². The predicted molar refractivity (Wildman–Crippen MR) is 101 cm³/mol. The maximum Gasteiger partial charge on any atom is 0.316 e. The molecule has 0 bridgehead atoms. The lowest BCUT2D eigenvalue weighted by Crippen LogP contribution is -2.28. The van der Waals surface area contributed by atoms with Crippen molar-refractivity contribution in [3.05, 3.63) is 54.1 Å². The number of hydrogen-bond donors (Lipinski definition) is 1. The second kappa shape index (κ2) is 9.09. The van der Waals surface area contributed by atoms with Gasteiger partial charge >= 0.3 is 5.97 Å². The number of nitrogens with one attached hydrogen (secondary N) is 1. The van der Waals surface area contributed by atoms with Gasteiger partial charge in [0.05, 0.1) is 7.11 Å². The fourth-order valence-corrected chi connectivity index (χ4v) is 2.95. The molecule has 0 saturated heterocycles. The van der Waals surface area contributed by atoms with Crippen molar-refractivity contribution < 1.29 is 23.5 Å². The first-order chi connectivity index (χ1) is 13.2. The fraction of sp³-hybridized carbons (Fsp3) is 0.211. The predicted octanol–water partition coefficient (Wildman–Crippen LogP) is 2.79. The van der Waals surface area contributed by atoms with Crippen LogP contribution < -0.4 is 10.1 Å². The lowest BCUT2D eigenvalue weighted by atomic mass is 10.2. The number of rotatable bonds is 8. The van der Waals surface area contributed by atoms with Gasteiger partial charge in [0.2, 0.25) is 0 Å². The highest BCUT2D eigenvalue weighted by atomic mass is 32.2. The summed E-state index contributed by atoms with van der Waals surface area (Å²) >= 11 is 1.12. The summed E-state index contributed by atoms with van der Waals surface area (Å²) in [7, 11) is 1.57. The topological polar surface area (TPSA) is 90.7 Å². The molecule has 3 rings (SSSR count). The Morgan fingerprint density at radius 3 is 2.74 bits per heavy atom. The minimum atomic E-state index is -0.519. The molecule has 0 aliphatic rings. The summed E-state index contributed by atoms with van der Waals surface area (Å²) in [5.74, 6) is -0.215. The number of fused-ring (bicyclic) bond motifs is 1. The van der Waals surface area contributed by atoms with E-state index in [2.05, 4.69) is 10.3 Å². The maximum absolute atomic E-state index is 11.8. The molecule has 0 fully saturated rings. The van der Waals surface area contributed by atoms with Crippen molar-refractivity contribution in [2.24, 2.45) is 0 Å². The van der Waals surface area contributed by atoms with Crippen molar-refractivity contribution in [3.8, 4) is 5.75 Å². The van der Waals surface area contributed by atoms with Gasteiger partial charge in [0.1, 0.15) is 17.0 Å². The van der Waals surface area contributed by atoms with Gasteiger partial charge in [-0.1, -0.05) is 42.1 Å². The lowest BCUT2D eigenvalue weighted by Gasteiger charge is -2.09. The molecule has 0 aliphatic carbocycles. The number of esters is 1. The van der Waals surface area contributed by atoms with Crippen LogP contribution in [-0.4, -0.2) is 36.3 Å². The molecular weight excluding hydrogens is 368 g/mol. The first kappa shape index (κ1) is 18.8. The largest absolute Gasteiger partial charge is 0.496 e. The second-order valence-corrected chi connectivity index (χ2v) is 6.41. The Morgan fingerprint density at radius 1 is 1.15 bits per heavy atom.